The van der Waals surface area contributed by atoms with Gasteiger partial charge in [0.1, 0.15) is 11.5 Å². The molecule has 0 N–H and O–H groups in total. The summed E-state index contributed by atoms with van der Waals surface area (Å²) in [7, 11) is 0. The zero-order chi connectivity index (χ0) is 17.2. The molecule has 0 atom stereocenters. The highest BCUT2D eigenvalue weighted by Gasteiger charge is 2.32. The molecule has 0 unspecified atom stereocenters. The lowest BCUT2D eigenvalue weighted by Crippen LogP contribution is -2.48. The average Bonchev–Trinajstić information content (AvgIpc) is 2.95. The number of halogens is 3. The predicted molar refractivity (Wildman–Crippen MR) is 86.7 cm³/mol. The number of piperazine rings is 1. The number of benzene rings is 1. The van der Waals surface area contributed by atoms with E-state index in [9.17, 15) is 13.2 Å². The van der Waals surface area contributed by atoms with E-state index in [-0.39, 0.29) is 0 Å². The summed E-state index contributed by atoms with van der Waals surface area (Å²) in [6.45, 7) is 4.06. The maximum Gasteiger partial charge on any atom is 0.401 e. The molecule has 1 aromatic carbocycles. The van der Waals surface area contributed by atoms with Crippen molar-refractivity contribution in [2.75, 3.05) is 32.7 Å². The summed E-state index contributed by atoms with van der Waals surface area (Å²) in [6, 6.07) is 12.0. The van der Waals surface area contributed by atoms with Gasteiger partial charge in [0.2, 0.25) is 0 Å². The summed E-state index contributed by atoms with van der Waals surface area (Å²) in [4.78, 5) is 3.66. The van der Waals surface area contributed by atoms with E-state index >= 15 is 0 Å². The van der Waals surface area contributed by atoms with Gasteiger partial charge < -0.3 is 4.42 Å². The van der Waals surface area contributed by atoms with Crippen LogP contribution in [0.4, 0.5) is 13.2 Å². The van der Waals surface area contributed by atoms with Gasteiger partial charge in [-0.2, -0.15) is 13.2 Å². The van der Waals surface area contributed by atoms with Crippen LogP contribution in [-0.2, 0) is 6.54 Å². The van der Waals surface area contributed by atoms with Crippen LogP contribution in [-0.4, -0.2) is 48.7 Å². The highest BCUT2D eigenvalue weighted by molar-refractivity contribution is 5.58. The van der Waals surface area contributed by atoms with Gasteiger partial charge in [0.15, 0.2) is 0 Å². The maximum absolute atomic E-state index is 12.4. The molecule has 0 aliphatic carbocycles. The van der Waals surface area contributed by atoms with Gasteiger partial charge in [-0.1, -0.05) is 18.2 Å². The van der Waals surface area contributed by atoms with Crippen molar-refractivity contribution in [2.24, 2.45) is 0 Å². The van der Waals surface area contributed by atoms with Crippen molar-refractivity contribution in [2.45, 2.75) is 19.6 Å². The predicted octanol–water partition coefficient (Wildman–Crippen LogP) is 3.93. The first-order valence-electron chi connectivity index (χ1n) is 8.06. The number of aryl methyl sites for hydroxylation is 1. The Morgan fingerprint density at radius 2 is 1.71 bits per heavy atom. The van der Waals surface area contributed by atoms with Gasteiger partial charge in [0.05, 0.1) is 6.54 Å². The third-order valence-corrected chi connectivity index (χ3v) is 4.23. The molecule has 2 aromatic rings. The van der Waals surface area contributed by atoms with Gasteiger partial charge in [0.25, 0.3) is 0 Å². The molecule has 1 aromatic heterocycles. The van der Waals surface area contributed by atoms with E-state index in [1.165, 1.54) is 4.90 Å². The monoisotopic (exact) mass is 338 g/mol. The second-order valence-electron chi connectivity index (χ2n) is 6.28. The topological polar surface area (TPSA) is 19.6 Å². The standard InChI is InChI=1S/C18H21F3N2O/c1-14-5-6-17(24-14)16-4-2-3-15(11-16)12-22-7-9-23(10-8-22)13-18(19,20)21/h2-6,11H,7-10,12-13H2,1H3. The lowest BCUT2D eigenvalue weighted by atomic mass is 10.1. The van der Waals surface area contributed by atoms with Crippen LogP contribution in [0.15, 0.2) is 40.8 Å². The molecule has 6 heteroatoms. The van der Waals surface area contributed by atoms with Crippen molar-refractivity contribution in [1.82, 2.24) is 9.80 Å². The summed E-state index contributed by atoms with van der Waals surface area (Å²) in [5.41, 5.74) is 2.17. The Morgan fingerprint density at radius 3 is 2.33 bits per heavy atom. The van der Waals surface area contributed by atoms with Crippen LogP contribution in [0.3, 0.4) is 0 Å². The van der Waals surface area contributed by atoms with Crippen molar-refractivity contribution >= 4 is 0 Å². The molecule has 0 amide bonds. The van der Waals surface area contributed by atoms with Crippen LogP contribution in [0.1, 0.15) is 11.3 Å². The number of rotatable bonds is 4. The summed E-state index contributed by atoms with van der Waals surface area (Å²) in [6.07, 6.45) is -4.11. The molecule has 0 spiro atoms. The van der Waals surface area contributed by atoms with Crippen molar-refractivity contribution in [3.8, 4) is 11.3 Å². The molecule has 2 heterocycles. The first-order valence-corrected chi connectivity index (χ1v) is 8.06. The lowest BCUT2D eigenvalue weighted by molar-refractivity contribution is -0.149. The third kappa shape index (κ3) is 4.61. The van der Waals surface area contributed by atoms with Gasteiger partial charge in [0, 0.05) is 38.3 Å². The molecular formula is C18H21F3N2O. The molecular weight excluding hydrogens is 317 g/mol. The van der Waals surface area contributed by atoms with Crippen LogP contribution >= 0.6 is 0 Å². The van der Waals surface area contributed by atoms with Crippen LogP contribution in [0, 0.1) is 6.92 Å². The SMILES string of the molecule is Cc1ccc(-c2cccc(CN3CCN(CC(F)(F)F)CC3)c2)o1. The Hall–Kier alpha value is -1.79. The molecule has 1 aliphatic rings. The molecule has 130 valence electrons. The summed E-state index contributed by atoms with van der Waals surface area (Å²) < 4.78 is 42.9. The Morgan fingerprint density at radius 1 is 1.00 bits per heavy atom. The van der Waals surface area contributed by atoms with E-state index in [2.05, 4.69) is 11.0 Å². The Bertz CT molecular complexity index is 673. The van der Waals surface area contributed by atoms with Crippen LogP contribution < -0.4 is 0 Å². The summed E-state index contributed by atoms with van der Waals surface area (Å²) in [5, 5.41) is 0. The molecule has 3 nitrogen and oxygen atoms in total. The molecule has 3 rings (SSSR count). The number of alkyl halides is 3. The largest absolute Gasteiger partial charge is 0.461 e. The molecule has 0 radical (unpaired) electrons. The molecule has 1 aliphatic heterocycles. The fraction of sp³-hybridized carbons (Fsp3) is 0.444. The van der Waals surface area contributed by atoms with Gasteiger partial charge in [-0.15, -0.1) is 0 Å². The highest BCUT2D eigenvalue weighted by atomic mass is 19.4. The quantitative estimate of drug-likeness (QED) is 0.842. The van der Waals surface area contributed by atoms with Crippen molar-refractivity contribution < 1.29 is 17.6 Å². The molecule has 24 heavy (non-hydrogen) atoms. The smallest absolute Gasteiger partial charge is 0.401 e. The van der Waals surface area contributed by atoms with E-state index < -0.39 is 12.7 Å². The normalized spacial score (nSPS) is 17.3. The van der Waals surface area contributed by atoms with Crippen molar-refractivity contribution in [3.05, 3.63) is 47.7 Å². The minimum Gasteiger partial charge on any atom is -0.461 e. The Kier molecular flexibility index (Phi) is 4.96. The first-order chi connectivity index (χ1) is 11.4. The number of hydrogen-bond donors (Lipinski definition) is 0. The van der Waals surface area contributed by atoms with E-state index in [4.69, 9.17) is 4.42 Å². The zero-order valence-corrected chi connectivity index (χ0v) is 13.6. The molecule has 0 saturated carbocycles. The van der Waals surface area contributed by atoms with E-state index in [0.29, 0.717) is 26.2 Å². The lowest BCUT2D eigenvalue weighted by Gasteiger charge is -2.35. The number of furan rings is 1. The highest BCUT2D eigenvalue weighted by Crippen LogP contribution is 2.24. The van der Waals surface area contributed by atoms with E-state index in [1.807, 2.05) is 37.3 Å². The molecule has 1 saturated heterocycles. The van der Waals surface area contributed by atoms with Crippen molar-refractivity contribution in [3.63, 3.8) is 0 Å². The fourth-order valence-corrected chi connectivity index (χ4v) is 3.03. The number of hydrogen-bond acceptors (Lipinski definition) is 3. The van der Waals surface area contributed by atoms with Gasteiger partial charge in [-0.3, -0.25) is 9.80 Å². The minimum absolute atomic E-state index is 0.455. The van der Waals surface area contributed by atoms with Crippen LogP contribution in [0.25, 0.3) is 11.3 Å². The van der Waals surface area contributed by atoms with Gasteiger partial charge in [-0.25, -0.2) is 0 Å². The number of nitrogens with zero attached hydrogens (tertiary/aromatic N) is 2. The maximum atomic E-state index is 12.4. The Labute approximate surface area is 139 Å². The molecule has 0 bridgehead atoms. The average molecular weight is 338 g/mol. The fourth-order valence-electron chi connectivity index (χ4n) is 3.03. The first kappa shape index (κ1) is 17.0. The minimum atomic E-state index is -4.11. The summed E-state index contributed by atoms with van der Waals surface area (Å²) >= 11 is 0. The van der Waals surface area contributed by atoms with E-state index in [1.54, 1.807) is 0 Å². The van der Waals surface area contributed by atoms with Gasteiger partial charge >= 0.3 is 6.18 Å². The van der Waals surface area contributed by atoms with Crippen molar-refractivity contribution in [1.29, 1.82) is 0 Å². The van der Waals surface area contributed by atoms with Crippen LogP contribution in [0.5, 0.6) is 0 Å². The third-order valence-electron chi connectivity index (χ3n) is 4.23. The second kappa shape index (κ2) is 6.99. The van der Waals surface area contributed by atoms with Crippen LogP contribution in [0.2, 0.25) is 0 Å². The van der Waals surface area contributed by atoms with E-state index in [0.717, 1.165) is 29.2 Å². The second-order valence-corrected chi connectivity index (χ2v) is 6.28. The Balaban J connectivity index is 1.58. The van der Waals surface area contributed by atoms with Gasteiger partial charge in [-0.05, 0) is 30.7 Å². The molecule has 1 fully saturated rings. The summed E-state index contributed by atoms with van der Waals surface area (Å²) in [5.74, 6) is 1.71. The zero-order valence-electron chi connectivity index (χ0n) is 13.6.